The van der Waals surface area contributed by atoms with Gasteiger partial charge in [0, 0.05) is 26.2 Å². The molecule has 0 radical (unpaired) electrons. The maximum Gasteiger partial charge on any atom is 0.248 e. The van der Waals surface area contributed by atoms with Gasteiger partial charge in [-0.1, -0.05) is 30.3 Å². The Kier molecular flexibility index (Phi) is 4.98. The minimum absolute atomic E-state index is 0.00456. The predicted molar refractivity (Wildman–Crippen MR) is 98.3 cm³/mol. The quantitative estimate of drug-likeness (QED) is 0.787. The van der Waals surface area contributed by atoms with Crippen LogP contribution in [0.2, 0.25) is 0 Å². The number of hydrogen-bond acceptors (Lipinski definition) is 3. The molecule has 1 aromatic carbocycles. The fourth-order valence-corrected chi connectivity index (χ4v) is 4.32. The second-order valence-electron chi connectivity index (χ2n) is 8.12. The van der Waals surface area contributed by atoms with Crippen LogP contribution in [0.3, 0.4) is 0 Å². The lowest BCUT2D eigenvalue weighted by Crippen LogP contribution is -2.51. The van der Waals surface area contributed by atoms with Crippen molar-refractivity contribution in [3.63, 3.8) is 0 Å². The van der Waals surface area contributed by atoms with Crippen LogP contribution in [-0.4, -0.2) is 54.4 Å². The molecule has 1 aromatic rings. The molecule has 3 aliphatic rings. The van der Waals surface area contributed by atoms with Crippen molar-refractivity contribution in [3.8, 4) is 0 Å². The van der Waals surface area contributed by atoms with E-state index in [1.54, 1.807) is 0 Å². The monoisotopic (exact) mass is 356 g/mol. The van der Waals surface area contributed by atoms with Gasteiger partial charge in [0.05, 0.1) is 12.0 Å². The van der Waals surface area contributed by atoms with Gasteiger partial charge in [-0.15, -0.1) is 0 Å². The molecule has 1 atom stereocenters. The maximum atomic E-state index is 13.0. The number of nitrogens with zero attached hydrogens (tertiary/aromatic N) is 2. The number of likely N-dealkylation sites (tertiary alicyclic amines) is 2. The lowest BCUT2D eigenvalue weighted by Gasteiger charge is -2.39. The predicted octanol–water partition coefficient (Wildman–Crippen LogP) is 2.45. The van der Waals surface area contributed by atoms with E-state index in [0.717, 1.165) is 43.8 Å². The normalized spacial score (nSPS) is 25.9. The zero-order valence-electron chi connectivity index (χ0n) is 15.4. The van der Waals surface area contributed by atoms with E-state index >= 15 is 0 Å². The minimum atomic E-state index is -0.331. The summed E-state index contributed by atoms with van der Waals surface area (Å²) in [4.78, 5) is 29.5. The molecule has 2 saturated heterocycles. The summed E-state index contributed by atoms with van der Waals surface area (Å²) in [6, 6.07) is 9.88. The van der Waals surface area contributed by atoms with Crippen molar-refractivity contribution in [1.82, 2.24) is 9.80 Å². The largest absolute Gasteiger partial charge is 0.367 e. The molecular weight excluding hydrogens is 328 g/mol. The SMILES string of the molecule is O=C(COCc1ccccc1)N1CC[C@@]2(CCCN(CC3CC3)C2=O)C1. The summed E-state index contributed by atoms with van der Waals surface area (Å²) in [5.41, 5.74) is 0.735. The fourth-order valence-electron chi connectivity index (χ4n) is 4.32. The standard InChI is InChI=1S/C21H28N2O3/c24-19(15-26-14-18-5-2-1-3-6-18)23-12-10-21(16-23)9-4-11-22(20(21)25)13-17-7-8-17/h1-3,5-6,17H,4,7-16H2/t21-/m0/s1. The summed E-state index contributed by atoms with van der Waals surface area (Å²) in [7, 11) is 0. The highest BCUT2D eigenvalue weighted by molar-refractivity contribution is 5.86. The van der Waals surface area contributed by atoms with Crippen molar-refractivity contribution in [2.45, 2.75) is 38.7 Å². The lowest BCUT2D eigenvalue weighted by atomic mass is 9.78. The average Bonchev–Trinajstić information content (AvgIpc) is 3.37. The molecule has 140 valence electrons. The first-order chi connectivity index (χ1) is 12.7. The van der Waals surface area contributed by atoms with Crippen LogP contribution in [0.15, 0.2) is 30.3 Å². The van der Waals surface area contributed by atoms with E-state index in [9.17, 15) is 9.59 Å². The van der Waals surface area contributed by atoms with Crippen LogP contribution in [0.1, 0.15) is 37.7 Å². The fraction of sp³-hybridized carbons (Fsp3) is 0.619. The van der Waals surface area contributed by atoms with Crippen molar-refractivity contribution in [3.05, 3.63) is 35.9 Å². The first-order valence-corrected chi connectivity index (χ1v) is 9.85. The molecule has 1 spiro atoms. The van der Waals surface area contributed by atoms with E-state index in [2.05, 4.69) is 4.90 Å². The van der Waals surface area contributed by atoms with E-state index in [1.165, 1.54) is 12.8 Å². The Morgan fingerprint density at radius 3 is 2.73 bits per heavy atom. The first-order valence-electron chi connectivity index (χ1n) is 9.85. The molecule has 2 heterocycles. The summed E-state index contributed by atoms with van der Waals surface area (Å²) in [5.74, 6) is 1.01. The molecule has 3 fully saturated rings. The smallest absolute Gasteiger partial charge is 0.248 e. The molecule has 1 aliphatic carbocycles. The Morgan fingerprint density at radius 2 is 1.96 bits per heavy atom. The third-order valence-electron chi connectivity index (χ3n) is 6.04. The number of amides is 2. The van der Waals surface area contributed by atoms with E-state index in [0.29, 0.717) is 19.7 Å². The molecular formula is C21H28N2O3. The van der Waals surface area contributed by atoms with Crippen molar-refractivity contribution >= 4 is 11.8 Å². The number of ether oxygens (including phenoxy) is 1. The molecule has 1 saturated carbocycles. The molecule has 5 nitrogen and oxygen atoms in total. The average molecular weight is 356 g/mol. The molecule has 2 amide bonds. The van der Waals surface area contributed by atoms with E-state index in [4.69, 9.17) is 4.74 Å². The Balaban J connectivity index is 1.29. The van der Waals surface area contributed by atoms with Crippen molar-refractivity contribution < 1.29 is 14.3 Å². The van der Waals surface area contributed by atoms with Crippen molar-refractivity contribution in [2.24, 2.45) is 11.3 Å². The van der Waals surface area contributed by atoms with Gasteiger partial charge in [0.2, 0.25) is 11.8 Å². The van der Waals surface area contributed by atoms with Gasteiger partial charge in [-0.25, -0.2) is 0 Å². The lowest BCUT2D eigenvalue weighted by molar-refractivity contribution is -0.146. The van der Waals surface area contributed by atoms with E-state index < -0.39 is 0 Å². The maximum absolute atomic E-state index is 13.0. The molecule has 0 unspecified atom stereocenters. The third-order valence-corrected chi connectivity index (χ3v) is 6.04. The minimum Gasteiger partial charge on any atom is -0.367 e. The van der Waals surface area contributed by atoms with Gasteiger partial charge >= 0.3 is 0 Å². The molecule has 0 N–H and O–H groups in total. The van der Waals surface area contributed by atoms with Crippen LogP contribution in [0.5, 0.6) is 0 Å². The van der Waals surface area contributed by atoms with Crippen LogP contribution >= 0.6 is 0 Å². The van der Waals surface area contributed by atoms with Gasteiger partial charge in [-0.3, -0.25) is 9.59 Å². The van der Waals surface area contributed by atoms with Gasteiger partial charge in [0.1, 0.15) is 6.61 Å². The zero-order valence-corrected chi connectivity index (χ0v) is 15.4. The van der Waals surface area contributed by atoms with Gasteiger partial charge in [0.15, 0.2) is 0 Å². The van der Waals surface area contributed by atoms with Crippen LogP contribution in [0.4, 0.5) is 0 Å². The highest BCUT2D eigenvalue weighted by Crippen LogP contribution is 2.41. The molecule has 2 aliphatic heterocycles. The van der Waals surface area contributed by atoms with Crippen LogP contribution in [-0.2, 0) is 20.9 Å². The Morgan fingerprint density at radius 1 is 1.15 bits per heavy atom. The second kappa shape index (κ2) is 7.39. The first kappa shape index (κ1) is 17.5. The van der Waals surface area contributed by atoms with Crippen LogP contribution in [0.25, 0.3) is 0 Å². The molecule has 26 heavy (non-hydrogen) atoms. The Labute approximate surface area is 155 Å². The molecule has 0 bridgehead atoms. The van der Waals surface area contributed by atoms with E-state index in [1.807, 2.05) is 35.2 Å². The number of piperidine rings is 1. The summed E-state index contributed by atoms with van der Waals surface area (Å²) in [5, 5.41) is 0. The van der Waals surface area contributed by atoms with Gasteiger partial charge < -0.3 is 14.5 Å². The van der Waals surface area contributed by atoms with Gasteiger partial charge in [-0.2, -0.15) is 0 Å². The number of carbonyl (C=O) groups excluding carboxylic acids is 2. The molecule has 0 aromatic heterocycles. The third kappa shape index (κ3) is 3.78. The summed E-state index contributed by atoms with van der Waals surface area (Å²) >= 11 is 0. The van der Waals surface area contributed by atoms with Gasteiger partial charge in [-0.05, 0) is 43.6 Å². The highest BCUT2D eigenvalue weighted by atomic mass is 16.5. The number of benzene rings is 1. The number of hydrogen-bond donors (Lipinski definition) is 0. The Hall–Kier alpha value is -1.88. The number of carbonyl (C=O) groups is 2. The Bertz CT molecular complexity index is 658. The van der Waals surface area contributed by atoms with Crippen molar-refractivity contribution in [2.75, 3.05) is 32.8 Å². The summed E-state index contributed by atoms with van der Waals surface area (Å²) in [6.45, 7) is 3.60. The van der Waals surface area contributed by atoms with Crippen LogP contribution < -0.4 is 0 Å². The second-order valence-corrected chi connectivity index (χ2v) is 8.12. The van der Waals surface area contributed by atoms with Crippen LogP contribution in [0, 0.1) is 11.3 Å². The topological polar surface area (TPSA) is 49.9 Å². The molecule has 4 rings (SSSR count). The van der Waals surface area contributed by atoms with E-state index in [-0.39, 0.29) is 23.8 Å². The highest BCUT2D eigenvalue weighted by Gasteiger charge is 2.49. The summed E-state index contributed by atoms with van der Waals surface area (Å²) in [6.07, 6.45) is 5.31. The zero-order chi connectivity index (χ0) is 18.0. The molecule has 5 heteroatoms. The van der Waals surface area contributed by atoms with Gasteiger partial charge in [0.25, 0.3) is 0 Å². The number of rotatable bonds is 6. The summed E-state index contributed by atoms with van der Waals surface area (Å²) < 4.78 is 5.59. The van der Waals surface area contributed by atoms with Crippen molar-refractivity contribution in [1.29, 1.82) is 0 Å².